The molecule has 192 valence electrons. The molecule has 2 atom stereocenters. The number of aliphatic hydroxyl groups is 1. The van der Waals surface area contributed by atoms with Crippen LogP contribution in [0.15, 0.2) is 35.6 Å². The van der Waals surface area contributed by atoms with E-state index in [0.717, 1.165) is 30.5 Å². The molecule has 3 heterocycles. The molecule has 2 aliphatic heterocycles. The second-order valence-electron chi connectivity index (χ2n) is 10.8. The van der Waals surface area contributed by atoms with E-state index in [1.165, 1.54) is 24.7 Å². The van der Waals surface area contributed by atoms with Crippen molar-refractivity contribution < 1.29 is 14.6 Å². The quantitative estimate of drug-likeness (QED) is 0.487. The molecule has 1 aromatic carbocycles. The number of fused-ring (bicyclic) bond motifs is 1. The highest BCUT2D eigenvalue weighted by atomic mass is 16.5. The number of nitrogen functional groups attached to an aromatic ring is 1. The van der Waals surface area contributed by atoms with Crippen molar-refractivity contribution in [2.45, 2.75) is 76.0 Å². The molecule has 0 unspecified atom stereocenters. The second-order valence-corrected chi connectivity index (χ2v) is 10.8. The van der Waals surface area contributed by atoms with Crippen LogP contribution in [0.5, 0.6) is 5.88 Å². The zero-order chi connectivity index (χ0) is 25.3. The number of carbonyl (C=O) groups excluding carboxylic acids is 1. The summed E-state index contributed by atoms with van der Waals surface area (Å²) in [6, 6.07) is 8.42. The maximum atomic E-state index is 12.2. The summed E-state index contributed by atoms with van der Waals surface area (Å²) in [6.45, 7) is 5.17. The van der Waals surface area contributed by atoms with E-state index in [9.17, 15) is 9.90 Å². The third kappa shape index (κ3) is 5.22. The number of amides is 1. The minimum atomic E-state index is -0.629. The molecule has 0 spiro atoms. The van der Waals surface area contributed by atoms with Crippen LogP contribution in [0.25, 0.3) is 0 Å². The molecule has 0 bridgehead atoms. The van der Waals surface area contributed by atoms with E-state index >= 15 is 0 Å². The first-order valence-corrected chi connectivity index (χ1v) is 13.0. The third-order valence-electron chi connectivity index (χ3n) is 7.74. The molecule has 0 radical (unpaired) electrons. The number of anilines is 1. The molecule has 1 aromatic heterocycles. The molecule has 1 aliphatic carbocycles. The van der Waals surface area contributed by atoms with Crippen molar-refractivity contribution in [3.05, 3.63) is 41.7 Å². The fourth-order valence-electron chi connectivity index (χ4n) is 5.64. The van der Waals surface area contributed by atoms with E-state index in [0.29, 0.717) is 48.7 Å². The molecular formula is C27H36N6O3. The van der Waals surface area contributed by atoms with Crippen LogP contribution < -0.4 is 21.1 Å². The largest absolute Gasteiger partial charge is 0.463 e. The van der Waals surface area contributed by atoms with E-state index in [4.69, 9.17) is 15.5 Å². The Kier molecular flexibility index (Phi) is 6.94. The standard InChI is InChI=1S/C27H36N6O3/c1-27(2)23(33-22-24(28)31-15-32-26(22)36-27)19-9-7-18(8-10-19)17-5-3-16(4-6-17)11-12-29-25(35)21-13-20(34)14-30-21/h7-10,15-17,20-21,30,34H,3-6,11-14H2,1-2H3,(H,29,35)(H2,28,31,32)/t16-,17-,20-,21+/m1/s1. The highest BCUT2D eigenvalue weighted by molar-refractivity contribution is 6.09. The van der Waals surface area contributed by atoms with Crippen LogP contribution in [-0.2, 0) is 4.79 Å². The Morgan fingerprint density at radius 3 is 2.64 bits per heavy atom. The lowest BCUT2D eigenvalue weighted by Crippen LogP contribution is -2.41. The fourth-order valence-corrected chi connectivity index (χ4v) is 5.64. The summed E-state index contributed by atoms with van der Waals surface area (Å²) in [4.78, 5) is 25.2. The van der Waals surface area contributed by atoms with Gasteiger partial charge in [-0.05, 0) is 69.8 Å². The Balaban J connectivity index is 1.15. The number of hydrogen-bond donors (Lipinski definition) is 4. The predicted octanol–water partition coefficient (Wildman–Crippen LogP) is 2.85. The first-order valence-electron chi connectivity index (χ1n) is 13.0. The number of aromatic nitrogens is 2. The average Bonchev–Trinajstić information content (AvgIpc) is 3.30. The van der Waals surface area contributed by atoms with Crippen LogP contribution >= 0.6 is 0 Å². The first-order chi connectivity index (χ1) is 17.3. The number of nitrogens with two attached hydrogens (primary N) is 1. The molecule has 9 heteroatoms. The maximum absolute atomic E-state index is 12.2. The van der Waals surface area contributed by atoms with Crippen molar-refractivity contribution in [3.8, 4) is 5.88 Å². The van der Waals surface area contributed by atoms with Crippen molar-refractivity contribution in [2.24, 2.45) is 10.9 Å². The maximum Gasteiger partial charge on any atom is 0.246 e. The highest BCUT2D eigenvalue weighted by Crippen LogP contribution is 2.40. The predicted molar refractivity (Wildman–Crippen MR) is 139 cm³/mol. The normalized spacial score (nSPS) is 27.0. The lowest BCUT2D eigenvalue weighted by Gasteiger charge is -2.32. The van der Waals surface area contributed by atoms with Crippen molar-refractivity contribution >= 4 is 23.1 Å². The van der Waals surface area contributed by atoms with Gasteiger partial charge >= 0.3 is 0 Å². The summed E-state index contributed by atoms with van der Waals surface area (Å²) in [5.74, 6) is 1.94. The number of aliphatic imine (C=N–C) groups is 1. The Morgan fingerprint density at radius 1 is 1.19 bits per heavy atom. The monoisotopic (exact) mass is 492 g/mol. The van der Waals surface area contributed by atoms with Gasteiger partial charge < -0.3 is 26.2 Å². The summed E-state index contributed by atoms with van der Waals surface area (Å²) in [5, 5.41) is 15.7. The molecular weight excluding hydrogens is 456 g/mol. The van der Waals surface area contributed by atoms with Gasteiger partial charge in [-0.25, -0.2) is 9.98 Å². The van der Waals surface area contributed by atoms with Gasteiger partial charge in [0.15, 0.2) is 11.5 Å². The van der Waals surface area contributed by atoms with Crippen LogP contribution in [0.1, 0.15) is 69.4 Å². The first kappa shape index (κ1) is 24.6. The molecule has 9 nitrogen and oxygen atoms in total. The summed E-state index contributed by atoms with van der Waals surface area (Å²) in [7, 11) is 0. The topological polar surface area (TPSA) is 135 Å². The van der Waals surface area contributed by atoms with Crippen molar-refractivity contribution in [1.29, 1.82) is 0 Å². The Labute approximate surface area is 212 Å². The zero-order valence-electron chi connectivity index (χ0n) is 21.0. The summed E-state index contributed by atoms with van der Waals surface area (Å²) < 4.78 is 6.10. The lowest BCUT2D eigenvalue weighted by molar-refractivity contribution is -0.123. The van der Waals surface area contributed by atoms with E-state index < -0.39 is 11.7 Å². The minimum absolute atomic E-state index is 0.00942. The van der Waals surface area contributed by atoms with Gasteiger partial charge in [0.2, 0.25) is 11.8 Å². The Bertz CT molecular complexity index is 1120. The number of nitrogens with zero attached hydrogens (tertiary/aromatic N) is 3. The fraction of sp³-hybridized carbons (Fsp3) is 0.556. The van der Waals surface area contributed by atoms with E-state index in [1.807, 2.05) is 13.8 Å². The Morgan fingerprint density at radius 2 is 1.94 bits per heavy atom. The molecule has 2 aromatic rings. The molecule has 1 saturated carbocycles. The zero-order valence-corrected chi connectivity index (χ0v) is 21.0. The van der Waals surface area contributed by atoms with Crippen molar-refractivity contribution in [2.75, 3.05) is 18.8 Å². The molecule has 1 amide bonds. The molecule has 5 N–H and O–H groups in total. The smallest absolute Gasteiger partial charge is 0.246 e. The summed E-state index contributed by atoms with van der Waals surface area (Å²) in [5.41, 5.74) is 9.05. The van der Waals surface area contributed by atoms with Gasteiger partial charge in [0.05, 0.1) is 17.9 Å². The van der Waals surface area contributed by atoms with Gasteiger partial charge in [-0.1, -0.05) is 24.3 Å². The van der Waals surface area contributed by atoms with Crippen molar-refractivity contribution in [3.63, 3.8) is 0 Å². The number of nitrogens with one attached hydrogen (secondary N) is 2. The summed E-state index contributed by atoms with van der Waals surface area (Å²) in [6.07, 6.45) is 7.16. The van der Waals surface area contributed by atoms with Crippen LogP contribution in [0.2, 0.25) is 0 Å². The second kappa shape index (κ2) is 10.1. The molecule has 5 rings (SSSR count). The minimum Gasteiger partial charge on any atom is -0.463 e. The van der Waals surface area contributed by atoms with Crippen LogP contribution in [0.3, 0.4) is 0 Å². The van der Waals surface area contributed by atoms with Crippen LogP contribution in [0.4, 0.5) is 11.5 Å². The molecule has 36 heavy (non-hydrogen) atoms. The van der Waals surface area contributed by atoms with Gasteiger partial charge in [-0.15, -0.1) is 0 Å². The van der Waals surface area contributed by atoms with Gasteiger partial charge in [0, 0.05) is 18.7 Å². The number of benzene rings is 1. The van der Waals surface area contributed by atoms with E-state index in [1.54, 1.807) is 0 Å². The number of rotatable bonds is 6. The van der Waals surface area contributed by atoms with Crippen LogP contribution in [-0.4, -0.2) is 57.5 Å². The number of carbonyl (C=O) groups is 1. The lowest BCUT2D eigenvalue weighted by atomic mass is 9.77. The van der Waals surface area contributed by atoms with Gasteiger partial charge in [-0.3, -0.25) is 4.79 Å². The number of β-amino-alcohol motifs (C(OH)–C–C–N with tert-alkyl or cyclic N) is 1. The van der Waals surface area contributed by atoms with E-state index in [-0.39, 0.29) is 11.9 Å². The van der Waals surface area contributed by atoms with Crippen LogP contribution in [0, 0.1) is 5.92 Å². The van der Waals surface area contributed by atoms with Gasteiger partial charge in [-0.2, -0.15) is 4.98 Å². The Hall–Kier alpha value is -3.04. The third-order valence-corrected chi connectivity index (χ3v) is 7.74. The molecule has 1 saturated heterocycles. The molecule has 2 fully saturated rings. The summed E-state index contributed by atoms with van der Waals surface area (Å²) >= 11 is 0. The van der Waals surface area contributed by atoms with E-state index in [2.05, 4.69) is 44.9 Å². The number of hydrogen-bond acceptors (Lipinski definition) is 8. The average molecular weight is 493 g/mol. The molecule has 3 aliphatic rings. The van der Waals surface area contributed by atoms with Crippen molar-refractivity contribution in [1.82, 2.24) is 20.6 Å². The van der Waals surface area contributed by atoms with Gasteiger partial charge in [0.25, 0.3) is 0 Å². The number of ether oxygens (including phenoxy) is 1. The number of aliphatic hydroxyl groups excluding tert-OH is 1. The highest BCUT2D eigenvalue weighted by Gasteiger charge is 2.35. The van der Waals surface area contributed by atoms with Gasteiger partial charge in [0.1, 0.15) is 11.9 Å². The SMILES string of the molecule is CC1(C)Oc2ncnc(N)c2N=C1c1ccc([C@H]2CC[C@H](CCNC(=O)[C@@H]3C[C@@H](O)CN3)CC2)cc1.